The van der Waals surface area contributed by atoms with Crippen LogP contribution in [-0.2, 0) is 4.79 Å². The van der Waals surface area contributed by atoms with Gasteiger partial charge in [-0.15, -0.1) is 0 Å². The Balaban J connectivity index is 3.01. The minimum atomic E-state index is -0.0913. The number of rotatable bonds is 4. The number of benzene rings is 1. The first-order chi connectivity index (χ1) is 8.47. The Bertz CT molecular complexity index is 511. The quantitative estimate of drug-likeness (QED) is 0.657. The summed E-state index contributed by atoms with van der Waals surface area (Å²) < 4.78 is 0. The molecule has 1 rings (SSSR count). The maximum Gasteiger partial charge on any atom is 0.164 e. The number of carbonyl (C=O) groups excluding carboxylic acids is 1. The van der Waals surface area contributed by atoms with E-state index in [1.165, 1.54) is 6.92 Å². The molecule has 0 heterocycles. The fourth-order valence-electron chi connectivity index (χ4n) is 1.47. The van der Waals surface area contributed by atoms with E-state index in [0.717, 1.165) is 5.70 Å². The third kappa shape index (κ3) is 3.55. The fraction of sp³-hybridized carbons (Fsp3) is 0.231. The molecule has 0 saturated carbocycles. The van der Waals surface area contributed by atoms with Crippen LogP contribution in [0.1, 0.15) is 13.8 Å². The molecule has 5 heteroatoms. The summed E-state index contributed by atoms with van der Waals surface area (Å²) in [5, 5.41) is 6.47. The molecule has 0 aromatic heterocycles. The number of anilines is 1. The normalized spacial score (nSPS) is 11.6. The van der Waals surface area contributed by atoms with Gasteiger partial charge in [-0.2, -0.15) is 0 Å². The standard InChI is InChI=1S/C13H15ClN2OS/c1-8(15-3)12(9(2)17)13(18)16-11-7-5-4-6-10(11)14/h4-7,15H,1-3H3,(H,16,18). The van der Waals surface area contributed by atoms with E-state index in [-0.39, 0.29) is 5.78 Å². The summed E-state index contributed by atoms with van der Waals surface area (Å²) in [6.45, 7) is 3.29. The van der Waals surface area contributed by atoms with Gasteiger partial charge in [-0.1, -0.05) is 36.0 Å². The zero-order chi connectivity index (χ0) is 13.7. The van der Waals surface area contributed by atoms with Gasteiger partial charge in [-0.25, -0.2) is 0 Å². The Kier molecular flexibility index (Phi) is 5.31. The smallest absolute Gasteiger partial charge is 0.164 e. The molecule has 0 bridgehead atoms. The zero-order valence-corrected chi connectivity index (χ0v) is 12.1. The largest absolute Gasteiger partial charge is 0.391 e. The summed E-state index contributed by atoms with van der Waals surface area (Å²) in [6.07, 6.45) is 0. The SMILES string of the molecule is CNC(C)=C(C(C)=O)C(=S)Nc1ccccc1Cl. The Morgan fingerprint density at radius 2 is 1.89 bits per heavy atom. The Morgan fingerprint density at radius 1 is 1.28 bits per heavy atom. The lowest BCUT2D eigenvalue weighted by Gasteiger charge is -2.13. The molecule has 0 unspecified atom stereocenters. The third-order valence-electron chi connectivity index (χ3n) is 2.45. The summed E-state index contributed by atoms with van der Waals surface area (Å²) in [7, 11) is 1.75. The third-order valence-corrected chi connectivity index (χ3v) is 3.09. The van der Waals surface area contributed by atoms with Gasteiger partial charge in [0.05, 0.1) is 16.3 Å². The second-order valence-electron chi connectivity index (χ2n) is 3.74. The van der Waals surface area contributed by atoms with Gasteiger partial charge in [-0.3, -0.25) is 4.79 Å². The molecule has 18 heavy (non-hydrogen) atoms. The number of thiocarbonyl (C=S) groups is 1. The van der Waals surface area contributed by atoms with Crippen LogP contribution in [-0.4, -0.2) is 17.8 Å². The van der Waals surface area contributed by atoms with Crippen molar-refractivity contribution in [1.29, 1.82) is 0 Å². The van der Waals surface area contributed by atoms with E-state index in [1.807, 2.05) is 12.1 Å². The molecule has 0 aliphatic carbocycles. The van der Waals surface area contributed by atoms with E-state index >= 15 is 0 Å². The van der Waals surface area contributed by atoms with E-state index in [4.69, 9.17) is 23.8 Å². The van der Waals surface area contributed by atoms with Crippen LogP contribution in [0.3, 0.4) is 0 Å². The molecule has 2 N–H and O–H groups in total. The second kappa shape index (κ2) is 6.52. The number of para-hydroxylation sites is 1. The topological polar surface area (TPSA) is 41.1 Å². The van der Waals surface area contributed by atoms with Crippen LogP contribution in [0, 0.1) is 0 Å². The van der Waals surface area contributed by atoms with E-state index in [0.29, 0.717) is 21.3 Å². The van der Waals surface area contributed by atoms with Crippen molar-refractivity contribution in [3.63, 3.8) is 0 Å². The van der Waals surface area contributed by atoms with Crippen molar-refractivity contribution in [2.24, 2.45) is 0 Å². The van der Waals surface area contributed by atoms with E-state index in [1.54, 1.807) is 26.1 Å². The molecule has 1 aromatic rings. The summed E-state index contributed by atoms with van der Waals surface area (Å²) >= 11 is 11.3. The lowest BCUT2D eigenvalue weighted by Crippen LogP contribution is -2.22. The van der Waals surface area contributed by atoms with Crippen molar-refractivity contribution < 1.29 is 4.79 Å². The number of allylic oxidation sites excluding steroid dienone is 1. The van der Waals surface area contributed by atoms with E-state index in [2.05, 4.69) is 10.6 Å². The number of ketones is 1. The van der Waals surface area contributed by atoms with Crippen molar-refractivity contribution in [3.05, 3.63) is 40.6 Å². The van der Waals surface area contributed by atoms with Crippen LogP contribution in [0.15, 0.2) is 35.5 Å². The predicted molar refractivity (Wildman–Crippen MR) is 80.1 cm³/mol. The van der Waals surface area contributed by atoms with Crippen LogP contribution in [0.25, 0.3) is 0 Å². The molecule has 0 saturated heterocycles. The monoisotopic (exact) mass is 282 g/mol. The maximum absolute atomic E-state index is 11.6. The zero-order valence-electron chi connectivity index (χ0n) is 10.5. The van der Waals surface area contributed by atoms with Gasteiger partial charge < -0.3 is 10.6 Å². The van der Waals surface area contributed by atoms with Crippen LogP contribution in [0.5, 0.6) is 0 Å². The Morgan fingerprint density at radius 3 is 2.39 bits per heavy atom. The minimum Gasteiger partial charge on any atom is -0.391 e. The highest BCUT2D eigenvalue weighted by Crippen LogP contribution is 2.21. The number of hydrogen-bond acceptors (Lipinski definition) is 3. The first-order valence-electron chi connectivity index (χ1n) is 5.42. The number of carbonyl (C=O) groups is 1. The van der Waals surface area contributed by atoms with Crippen LogP contribution in [0.2, 0.25) is 5.02 Å². The van der Waals surface area contributed by atoms with Crippen LogP contribution >= 0.6 is 23.8 Å². The number of hydrogen-bond donors (Lipinski definition) is 2. The first kappa shape index (κ1) is 14.7. The predicted octanol–water partition coefficient (Wildman–Crippen LogP) is 3.16. The molecule has 0 spiro atoms. The second-order valence-corrected chi connectivity index (χ2v) is 4.56. The van der Waals surface area contributed by atoms with E-state index < -0.39 is 0 Å². The van der Waals surface area contributed by atoms with Crippen molar-refractivity contribution in [3.8, 4) is 0 Å². The summed E-state index contributed by atoms with van der Waals surface area (Å²) in [5.41, 5.74) is 1.88. The van der Waals surface area contributed by atoms with Gasteiger partial charge in [0.15, 0.2) is 5.78 Å². The highest BCUT2D eigenvalue weighted by atomic mass is 35.5. The lowest BCUT2D eigenvalue weighted by molar-refractivity contribution is -0.113. The number of halogens is 1. The average Bonchev–Trinajstić information content (AvgIpc) is 2.31. The molecule has 96 valence electrons. The molecule has 0 fully saturated rings. The van der Waals surface area contributed by atoms with Gasteiger partial charge in [0.25, 0.3) is 0 Å². The average molecular weight is 283 g/mol. The first-order valence-corrected chi connectivity index (χ1v) is 6.21. The van der Waals surface area contributed by atoms with Crippen molar-refractivity contribution in [2.45, 2.75) is 13.8 Å². The van der Waals surface area contributed by atoms with Crippen molar-refractivity contribution in [1.82, 2.24) is 5.32 Å². The summed E-state index contributed by atoms with van der Waals surface area (Å²) in [6, 6.07) is 7.24. The number of Topliss-reactive ketones (excluding diaryl/α,β-unsaturated/α-hetero) is 1. The molecular weight excluding hydrogens is 268 g/mol. The highest BCUT2D eigenvalue weighted by Gasteiger charge is 2.14. The molecule has 1 aromatic carbocycles. The van der Waals surface area contributed by atoms with Gasteiger partial charge in [0, 0.05) is 12.7 Å². The molecular formula is C13H15ClN2OS. The summed E-state index contributed by atoms with van der Waals surface area (Å²) in [4.78, 5) is 12.0. The molecule has 0 amide bonds. The van der Waals surface area contributed by atoms with Gasteiger partial charge in [0.2, 0.25) is 0 Å². The molecule has 3 nitrogen and oxygen atoms in total. The minimum absolute atomic E-state index is 0.0913. The summed E-state index contributed by atoms with van der Waals surface area (Å²) in [5.74, 6) is -0.0913. The molecule has 0 radical (unpaired) electrons. The van der Waals surface area contributed by atoms with Crippen molar-refractivity contribution >= 4 is 40.3 Å². The van der Waals surface area contributed by atoms with Crippen LogP contribution < -0.4 is 10.6 Å². The highest BCUT2D eigenvalue weighted by molar-refractivity contribution is 7.81. The Hall–Kier alpha value is -1.39. The maximum atomic E-state index is 11.6. The van der Waals surface area contributed by atoms with Crippen LogP contribution in [0.4, 0.5) is 5.69 Å². The van der Waals surface area contributed by atoms with Gasteiger partial charge >= 0.3 is 0 Å². The molecule has 0 aliphatic heterocycles. The Labute approximate surface area is 117 Å². The number of nitrogens with one attached hydrogen (secondary N) is 2. The molecule has 0 aliphatic rings. The van der Waals surface area contributed by atoms with E-state index in [9.17, 15) is 4.79 Å². The lowest BCUT2D eigenvalue weighted by atomic mass is 10.1. The van der Waals surface area contributed by atoms with Gasteiger partial charge in [0.1, 0.15) is 4.99 Å². The van der Waals surface area contributed by atoms with Gasteiger partial charge in [-0.05, 0) is 26.0 Å². The fourth-order valence-corrected chi connectivity index (χ4v) is 2.06. The molecule has 0 atom stereocenters. The van der Waals surface area contributed by atoms with Crippen molar-refractivity contribution in [2.75, 3.05) is 12.4 Å².